The summed E-state index contributed by atoms with van der Waals surface area (Å²) < 4.78 is 5.52. The van der Waals surface area contributed by atoms with Gasteiger partial charge in [-0.15, -0.1) is 0 Å². The number of hydrogen-bond acceptors (Lipinski definition) is 4. The molecule has 1 aromatic rings. The van der Waals surface area contributed by atoms with Crippen LogP contribution in [0.2, 0.25) is 0 Å². The van der Waals surface area contributed by atoms with Crippen LogP contribution in [0, 0.1) is 5.92 Å². The molecular weight excluding hydrogens is 268 g/mol. The van der Waals surface area contributed by atoms with Gasteiger partial charge in [0.2, 0.25) is 5.91 Å². The van der Waals surface area contributed by atoms with E-state index in [4.69, 9.17) is 4.74 Å². The molecule has 0 aliphatic carbocycles. The number of aliphatic hydroxyl groups is 1. The molecule has 116 valence electrons. The van der Waals surface area contributed by atoms with Crippen LogP contribution in [0.1, 0.15) is 13.3 Å². The molecular formula is C16H24N2O3. The Kier molecular flexibility index (Phi) is 6.02. The second-order valence-electron chi connectivity index (χ2n) is 5.50. The van der Waals surface area contributed by atoms with E-state index in [-0.39, 0.29) is 18.6 Å². The third-order valence-corrected chi connectivity index (χ3v) is 3.97. The summed E-state index contributed by atoms with van der Waals surface area (Å²) in [5, 5.41) is 12.2. The molecule has 1 amide bonds. The summed E-state index contributed by atoms with van der Waals surface area (Å²) in [6.07, 6.45) is 1.04. The van der Waals surface area contributed by atoms with Gasteiger partial charge >= 0.3 is 0 Å². The molecule has 0 spiro atoms. The van der Waals surface area contributed by atoms with E-state index >= 15 is 0 Å². The van der Waals surface area contributed by atoms with Gasteiger partial charge in [-0.25, -0.2) is 0 Å². The number of carbonyl (C=O) groups excluding carboxylic acids is 1. The van der Waals surface area contributed by atoms with Gasteiger partial charge in [0.15, 0.2) is 0 Å². The first-order valence-electron chi connectivity index (χ1n) is 7.50. The zero-order valence-corrected chi connectivity index (χ0v) is 12.5. The maximum Gasteiger partial charge on any atom is 0.234 e. The van der Waals surface area contributed by atoms with Crippen LogP contribution in [-0.4, -0.2) is 54.8 Å². The molecule has 1 aliphatic rings. The van der Waals surface area contributed by atoms with Crippen molar-refractivity contribution < 1.29 is 14.6 Å². The van der Waals surface area contributed by atoms with Crippen LogP contribution in [0.15, 0.2) is 30.3 Å². The SMILES string of the molecule is CC1CCN(CC(=O)NCCOc2ccccc2)C1CO. The number of ether oxygens (including phenoxy) is 1. The molecule has 5 heteroatoms. The minimum atomic E-state index is -0.0146. The number of hydrogen-bond donors (Lipinski definition) is 2. The highest BCUT2D eigenvalue weighted by atomic mass is 16.5. The predicted octanol–water partition coefficient (Wildman–Crippen LogP) is 0.884. The lowest BCUT2D eigenvalue weighted by molar-refractivity contribution is -0.122. The molecule has 1 aromatic carbocycles. The molecule has 1 fully saturated rings. The van der Waals surface area contributed by atoms with Crippen molar-refractivity contribution >= 4 is 5.91 Å². The molecule has 1 heterocycles. The van der Waals surface area contributed by atoms with Gasteiger partial charge in [-0.2, -0.15) is 0 Å². The Bertz CT molecular complexity index is 438. The third-order valence-electron chi connectivity index (χ3n) is 3.97. The van der Waals surface area contributed by atoms with Gasteiger partial charge in [-0.1, -0.05) is 25.1 Å². The largest absolute Gasteiger partial charge is 0.492 e. The fourth-order valence-electron chi connectivity index (χ4n) is 2.70. The molecule has 2 rings (SSSR count). The lowest BCUT2D eigenvalue weighted by atomic mass is 10.0. The van der Waals surface area contributed by atoms with E-state index in [1.807, 2.05) is 30.3 Å². The molecule has 21 heavy (non-hydrogen) atoms. The standard InChI is InChI=1S/C16H24N2O3/c1-13-7-9-18(15(13)12-19)11-16(20)17-8-10-21-14-5-3-2-4-6-14/h2-6,13,15,19H,7-12H2,1H3,(H,17,20). The second-order valence-corrected chi connectivity index (χ2v) is 5.50. The molecule has 0 saturated carbocycles. The van der Waals surface area contributed by atoms with Crippen molar-refractivity contribution in [2.24, 2.45) is 5.92 Å². The molecule has 5 nitrogen and oxygen atoms in total. The van der Waals surface area contributed by atoms with Crippen molar-refractivity contribution in [3.8, 4) is 5.75 Å². The topological polar surface area (TPSA) is 61.8 Å². The minimum absolute atomic E-state index is 0.0146. The Morgan fingerprint density at radius 2 is 2.19 bits per heavy atom. The number of nitrogens with zero attached hydrogens (tertiary/aromatic N) is 1. The number of para-hydroxylation sites is 1. The smallest absolute Gasteiger partial charge is 0.234 e. The Hall–Kier alpha value is -1.59. The normalized spacial score (nSPS) is 22.2. The van der Waals surface area contributed by atoms with Gasteiger partial charge in [0.25, 0.3) is 0 Å². The fourth-order valence-corrected chi connectivity index (χ4v) is 2.70. The Labute approximate surface area is 125 Å². The molecule has 0 aromatic heterocycles. The van der Waals surface area contributed by atoms with E-state index in [0.717, 1.165) is 18.7 Å². The summed E-state index contributed by atoms with van der Waals surface area (Å²) in [6.45, 7) is 4.40. The highest BCUT2D eigenvalue weighted by Crippen LogP contribution is 2.22. The lowest BCUT2D eigenvalue weighted by Crippen LogP contribution is -2.43. The predicted molar refractivity (Wildman–Crippen MR) is 81.2 cm³/mol. The van der Waals surface area contributed by atoms with Crippen molar-refractivity contribution in [1.82, 2.24) is 10.2 Å². The Morgan fingerprint density at radius 3 is 2.90 bits per heavy atom. The number of carbonyl (C=O) groups is 1. The minimum Gasteiger partial charge on any atom is -0.492 e. The summed E-state index contributed by atoms with van der Waals surface area (Å²) in [5.74, 6) is 1.24. The summed E-state index contributed by atoms with van der Waals surface area (Å²) >= 11 is 0. The fraction of sp³-hybridized carbons (Fsp3) is 0.562. The number of rotatable bonds is 7. The molecule has 2 unspecified atom stereocenters. The van der Waals surface area contributed by atoms with E-state index in [0.29, 0.717) is 25.6 Å². The molecule has 1 aliphatic heterocycles. The first-order valence-corrected chi connectivity index (χ1v) is 7.50. The zero-order chi connectivity index (χ0) is 15.1. The first kappa shape index (κ1) is 15.8. The summed E-state index contributed by atoms with van der Waals surface area (Å²) in [6, 6.07) is 9.65. The quantitative estimate of drug-likeness (QED) is 0.733. The van der Waals surface area contributed by atoms with E-state index < -0.39 is 0 Å². The maximum atomic E-state index is 11.9. The molecule has 2 N–H and O–H groups in total. The van der Waals surface area contributed by atoms with E-state index in [2.05, 4.69) is 17.1 Å². The van der Waals surface area contributed by atoms with E-state index in [1.165, 1.54) is 0 Å². The average Bonchev–Trinajstić information content (AvgIpc) is 2.84. The Balaban J connectivity index is 1.64. The average molecular weight is 292 g/mol. The second kappa shape index (κ2) is 8.00. The lowest BCUT2D eigenvalue weighted by Gasteiger charge is -2.24. The van der Waals surface area contributed by atoms with Crippen LogP contribution >= 0.6 is 0 Å². The number of amides is 1. The highest BCUT2D eigenvalue weighted by molar-refractivity contribution is 5.78. The molecule has 1 saturated heterocycles. The first-order chi connectivity index (χ1) is 10.2. The summed E-state index contributed by atoms with van der Waals surface area (Å²) in [7, 11) is 0. The maximum absolute atomic E-state index is 11.9. The van der Waals surface area contributed by atoms with Gasteiger partial charge in [0, 0.05) is 6.04 Å². The van der Waals surface area contributed by atoms with Crippen molar-refractivity contribution in [2.45, 2.75) is 19.4 Å². The van der Waals surface area contributed by atoms with Crippen LogP contribution in [0.25, 0.3) is 0 Å². The van der Waals surface area contributed by atoms with Crippen LogP contribution in [0.5, 0.6) is 5.75 Å². The van der Waals surface area contributed by atoms with Gasteiger partial charge < -0.3 is 15.2 Å². The summed E-state index contributed by atoms with van der Waals surface area (Å²) in [4.78, 5) is 13.9. The van der Waals surface area contributed by atoms with Crippen LogP contribution < -0.4 is 10.1 Å². The molecule has 0 bridgehead atoms. The van der Waals surface area contributed by atoms with Gasteiger partial charge in [-0.3, -0.25) is 9.69 Å². The van der Waals surface area contributed by atoms with Crippen molar-refractivity contribution in [1.29, 1.82) is 0 Å². The Morgan fingerprint density at radius 1 is 1.43 bits per heavy atom. The van der Waals surface area contributed by atoms with E-state index in [1.54, 1.807) is 0 Å². The van der Waals surface area contributed by atoms with Crippen molar-refractivity contribution in [2.75, 3.05) is 32.8 Å². The zero-order valence-electron chi connectivity index (χ0n) is 12.5. The van der Waals surface area contributed by atoms with Crippen molar-refractivity contribution in [3.05, 3.63) is 30.3 Å². The van der Waals surface area contributed by atoms with Gasteiger partial charge in [-0.05, 0) is 31.0 Å². The van der Waals surface area contributed by atoms with Crippen molar-refractivity contribution in [3.63, 3.8) is 0 Å². The monoisotopic (exact) mass is 292 g/mol. The van der Waals surface area contributed by atoms with Gasteiger partial charge in [0.1, 0.15) is 12.4 Å². The number of nitrogens with one attached hydrogen (secondary N) is 1. The molecule has 0 radical (unpaired) electrons. The number of benzene rings is 1. The number of aliphatic hydroxyl groups excluding tert-OH is 1. The third kappa shape index (κ3) is 4.72. The highest BCUT2D eigenvalue weighted by Gasteiger charge is 2.31. The van der Waals surface area contributed by atoms with Crippen LogP contribution in [0.3, 0.4) is 0 Å². The molecule has 2 atom stereocenters. The number of likely N-dealkylation sites (tertiary alicyclic amines) is 1. The van der Waals surface area contributed by atoms with E-state index in [9.17, 15) is 9.90 Å². The van der Waals surface area contributed by atoms with Crippen LogP contribution in [-0.2, 0) is 4.79 Å². The summed E-state index contributed by atoms with van der Waals surface area (Å²) in [5.41, 5.74) is 0. The van der Waals surface area contributed by atoms with Crippen LogP contribution in [0.4, 0.5) is 0 Å². The van der Waals surface area contributed by atoms with Gasteiger partial charge in [0.05, 0.1) is 19.7 Å².